The van der Waals surface area contributed by atoms with E-state index in [2.05, 4.69) is 61.2 Å². The number of aryl methyl sites for hydroxylation is 1. The number of benzene rings is 2. The van der Waals surface area contributed by atoms with E-state index in [4.69, 9.17) is 0 Å². The van der Waals surface area contributed by atoms with E-state index in [0.29, 0.717) is 0 Å². The fourth-order valence-corrected chi connectivity index (χ4v) is 1.56. The highest BCUT2D eigenvalue weighted by Gasteiger charge is 1.95. The lowest BCUT2D eigenvalue weighted by Crippen LogP contribution is -1.80. The van der Waals surface area contributed by atoms with Gasteiger partial charge in [0, 0.05) is 0 Å². The maximum atomic E-state index is 4.50. The number of nitrogens with two attached hydrogens (primary N) is 1. The van der Waals surface area contributed by atoms with Crippen LogP contribution in [0.25, 0.3) is 11.1 Å². The molecule has 2 aromatic rings. The fraction of sp³-hybridized carbons (Fsp3) is 0.200. The average Bonchev–Trinajstić information content (AvgIpc) is 2.42. The van der Waals surface area contributed by atoms with Gasteiger partial charge in [-0.1, -0.05) is 61.5 Å². The maximum absolute atomic E-state index is 4.50. The van der Waals surface area contributed by atoms with Crippen LogP contribution in [-0.2, 0) is 6.42 Å². The molecule has 0 aliphatic heterocycles. The summed E-state index contributed by atoms with van der Waals surface area (Å²) < 4.78 is 0. The Kier molecular flexibility index (Phi) is 5.30. The fourth-order valence-electron chi connectivity index (χ4n) is 1.56. The second-order valence-electron chi connectivity index (χ2n) is 3.42. The van der Waals surface area contributed by atoms with E-state index >= 15 is 0 Å². The SMILES string of the molecule is CCc1ccc(-c2ccccc2)cc1.CN. The predicted molar refractivity (Wildman–Crippen MR) is 71.4 cm³/mol. The first-order chi connectivity index (χ1) is 7.90. The Balaban J connectivity index is 0.000000606. The smallest absolute Gasteiger partial charge is 0.0184 e. The third kappa shape index (κ3) is 3.21. The van der Waals surface area contributed by atoms with Crippen LogP contribution in [0.4, 0.5) is 0 Å². The molecule has 0 bridgehead atoms. The zero-order valence-corrected chi connectivity index (χ0v) is 9.98. The summed E-state index contributed by atoms with van der Waals surface area (Å²) in [6, 6.07) is 19.2. The minimum atomic E-state index is 1.11. The summed E-state index contributed by atoms with van der Waals surface area (Å²) in [6.45, 7) is 2.18. The van der Waals surface area contributed by atoms with Crippen molar-refractivity contribution >= 4 is 0 Å². The van der Waals surface area contributed by atoms with E-state index in [-0.39, 0.29) is 0 Å². The van der Waals surface area contributed by atoms with Crippen molar-refractivity contribution in [3.63, 3.8) is 0 Å². The summed E-state index contributed by atoms with van der Waals surface area (Å²) in [6.07, 6.45) is 1.11. The van der Waals surface area contributed by atoms with E-state index in [0.717, 1.165) is 6.42 Å². The molecule has 0 spiro atoms. The van der Waals surface area contributed by atoms with Crippen molar-refractivity contribution < 1.29 is 0 Å². The molecule has 0 fully saturated rings. The van der Waals surface area contributed by atoms with Gasteiger partial charge >= 0.3 is 0 Å². The monoisotopic (exact) mass is 213 g/mol. The number of hydrogen-bond acceptors (Lipinski definition) is 1. The molecule has 0 saturated carbocycles. The summed E-state index contributed by atoms with van der Waals surface area (Å²) in [4.78, 5) is 0. The average molecular weight is 213 g/mol. The lowest BCUT2D eigenvalue weighted by Gasteiger charge is -2.02. The van der Waals surface area contributed by atoms with Crippen LogP contribution in [0.1, 0.15) is 12.5 Å². The third-order valence-corrected chi connectivity index (χ3v) is 2.47. The highest BCUT2D eigenvalue weighted by molar-refractivity contribution is 5.63. The van der Waals surface area contributed by atoms with Crippen molar-refractivity contribution in [1.29, 1.82) is 0 Å². The van der Waals surface area contributed by atoms with Crippen LogP contribution in [0, 0.1) is 0 Å². The molecule has 2 rings (SSSR count). The van der Waals surface area contributed by atoms with Crippen molar-refractivity contribution in [2.45, 2.75) is 13.3 Å². The van der Waals surface area contributed by atoms with Gasteiger partial charge in [-0.15, -0.1) is 0 Å². The Morgan fingerprint density at radius 3 is 1.75 bits per heavy atom. The maximum Gasteiger partial charge on any atom is -0.0184 e. The van der Waals surface area contributed by atoms with E-state index in [1.54, 1.807) is 0 Å². The zero-order valence-electron chi connectivity index (χ0n) is 9.98. The first-order valence-corrected chi connectivity index (χ1v) is 5.62. The summed E-state index contributed by atoms with van der Waals surface area (Å²) >= 11 is 0. The van der Waals surface area contributed by atoms with Crippen molar-refractivity contribution in [2.75, 3.05) is 7.05 Å². The Hall–Kier alpha value is -1.60. The van der Waals surface area contributed by atoms with Gasteiger partial charge in [0.15, 0.2) is 0 Å². The molecular weight excluding hydrogens is 194 g/mol. The van der Waals surface area contributed by atoms with Crippen LogP contribution in [-0.4, -0.2) is 7.05 Å². The Morgan fingerprint density at radius 2 is 1.25 bits per heavy atom. The van der Waals surface area contributed by atoms with E-state index in [1.807, 2.05) is 6.07 Å². The first-order valence-electron chi connectivity index (χ1n) is 5.62. The molecule has 0 heterocycles. The zero-order chi connectivity index (χ0) is 11.8. The summed E-state index contributed by atoms with van der Waals surface area (Å²) in [5.41, 5.74) is 8.47. The number of rotatable bonds is 2. The van der Waals surface area contributed by atoms with Gasteiger partial charge in [-0.05, 0) is 30.2 Å². The molecule has 0 aliphatic rings. The van der Waals surface area contributed by atoms with Crippen LogP contribution < -0.4 is 5.73 Å². The molecule has 2 aromatic carbocycles. The van der Waals surface area contributed by atoms with E-state index < -0.39 is 0 Å². The topological polar surface area (TPSA) is 26.0 Å². The van der Waals surface area contributed by atoms with E-state index in [1.165, 1.54) is 23.7 Å². The van der Waals surface area contributed by atoms with Crippen molar-refractivity contribution in [1.82, 2.24) is 0 Å². The van der Waals surface area contributed by atoms with Crippen LogP contribution in [0.2, 0.25) is 0 Å². The van der Waals surface area contributed by atoms with Gasteiger partial charge in [-0.3, -0.25) is 0 Å². The molecule has 1 nitrogen and oxygen atoms in total. The van der Waals surface area contributed by atoms with Gasteiger partial charge in [-0.25, -0.2) is 0 Å². The van der Waals surface area contributed by atoms with Crippen molar-refractivity contribution in [3.05, 3.63) is 60.2 Å². The highest BCUT2D eigenvalue weighted by Crippen LogP contribution is 2.19. The molecule has 16 heavy (non-hydrogen) atoms. The number of hydrogen-bond donors (Lipinski definition) is 1. The minimum absolute atomic E-state index is 1.11. The van der Waals surface area contributed by atoms with Gasteiger partial charge < -0.3 is 5.73 Å². The molecule has 0 aliphatic carbocycles. The Labute approximate surface area is 97.9 Å². The van der Waals surface area contributed by atoms with Crippen LogP contribution >= 0.6 is 0 Å². The lowest BCUT2D eigenvalue weighted by atomic mass is 10.0. The minimum Gasteiger partial charge on any atom is -0.333 e. The lowest BCUT2D eigenvalue weighted by molar-refractivity contribution is 1.14. The molecule has 2 N–H and O–H groups in total. The summed E-state index contributed by atoms with van der Waals surface area (Å²) in [7, 11) is 1.50. The molecule has 84 valence electrons. The van der Waals surface area contributed by atoms with Crippen molar-refractivity contribution in [3.8, 4) is 11.1 Å². The van der Waals surface area contributed by atoms with Gasteiger partial charge in [0.25, 0.3) is 0 Å². The molecular formula is C15H19N. The molecule has 0 unspecified atom stereocenters. The third-order valence-electron chi connectivity index (χ3n) is 2.47. The second-order valence-corrected chi connectivity index (χ2v) is 3.42. The molecule has 0 aromatic heterocycles. The van der Waals surface area contributed by atoms with E-state index in [9.17, 15) is 0 Å². The predicted octanol–water partition coefficient (Wildman–Crippen LogP) is 3.49. The van der Waals surface area contributed by atoms with Crippen LogP contribution in [0.15, 0.2) is 54.6 Å². The largest absolute Gasteiger partial charge is 0.333 e. The second kappa shape index (κ2) is 6.81. The quantitative estimate of drug-likeness (QED) is 0.812. The molecule has 0 atom stereocenters. The van der Waals surface area contributed by atoms with Gasteiger partial charge in [-0.2, -0.15) is 0 Å². The summed E-state index contributed by atoms with van der Waals surface area (Å²) in [5.74, 6) is 0. The molecule has 0 amide bonds. The molecule has 0 saturated heterocycles. The van der Waals surface area contributed by atoms with Crippen LogP contribution in [0.3, 0.4) is 0 Å². The van der Waals surface area contributed by atoms with Gasteiger partial charge in [0.2, 0.25) is 0 Å². The standard InChI is InChI=1S/C14H14.CH5N/c1-2-12-8-10-14(11-9-12)13-6-4-3-5-7-13;1-2/h3-11H,2H2,1H3;2H2,1H3. The highest BCUT2D eigenvalue weighted by atomic mass is 14.4. The molecule has 0 radical (unpaired) electrons. The summed E-state index contributed by atoms with van der Waals surface area (Å²) in [5, 5.41) is 0. The first kappa shape index (κ1) is 12.5. The Bertz CT molecular complexity index is 390. The normalized spacial score (nSPS) is 9.19. The van der Waals surface area contributed by atoms with Crippen molar-refractivity contribution in [2.24, 2.45) is 5.73 Å². The Morgan fingerprint density at radius 1 is 0.750 bits per heavy atom. The van der Waals surface area contributed by atoms with Crippen LogP contribution in [0.5, 0.6) is 0 Å². The van der Waals surface area contributed by atoms with Gasteiger partial charge in [0.05, 0.1) is 0 Å². The molecule has 1 heteroatoms. The van der Waals surface area contributed by atoms with Gasteiger partial charge in [0.1, 0.15) is 0 Å².